The van der Waals surface area contributed by atoms with E-state index in [-0.39, 0.29) is 5.56 Å². The second-order valence-electron chi connectivity index (χ2n) is 6.55. The lowest BCUT2D eigenvalue weighted by molar-refractivity contribution is 0.244. The Kier molecular flexibility index (Phi) is 4.59. The van der Waals surface area contributed by atoms with Gasteiger partial charge in [0.1, 0.15) is 0 Å². The molecule has 2 aromatic carbocycles. The van der Waals surface area contributed by atoms with E-state index in [4.69, 9.17) is 23.8 Å². The molecule has 0 bridgehead atoms. The summed E-state index contributed by atoms with van der Waals surface area (Å²) in [7, 11) is 3.69. The van der Waals surface area contributed by atoms with Crippen LogP contribution in [-0.2, 0) is 20.3 Å². The fourth-order valence-electron chi connectivity index (χ4n) is 3.23. The van der Waals surface area contributed by atoms with Crippen molar-refractivity contribution in [2.45, 2.75) is 13.2 Å². The number of rotatable bonds is 4. The number of fused-ring (bicyclic) bond motifs is 3. The van der Waals surface area contributed by atoms with Crippen LogP contribution in [0.1, 0.15) is 5.56 Å². The third-order valence-electron chi connectivity index (χ3n) is 4.58. The minimum absolute atomic E-state index is 0.0883. The molecule has 0 saturated heterocycles. The van der Waals surface area contributed by atoms with Crippen LogP contribution >= 0.6 is 23.8 Å². The number of halogens is 1. The molecule has 4 rings (SSSR count). The van der Waals surface area contributed by atoms with Gasteiger partial charge in [-0.3, -0.25) is 18.7 Å². The van der Waals surface area contributed by atoms with Gasteiger partial charge in [0.15, 0.2) is 0 Å². The maximum absolute atomic E-state index is 12.6. The Labute approximate surface area is 165 Å². The summed E-state index contributed by atoms with van der Waals surface area (Å²) in [5.41, 5.74) is 1.71. The number of nitrogens with zero attached hydrogens (tertiary/aromatic N) is 5. The van der Waals surface area contributed by atoms with E-state index in [1.807, 2.05) is 53.9 Å². The largest absolute Gasteiger partial charge is 0.283 e. The number of benzene rings is 2. The summed E-state index contributed by atoms with van der Waals surface area (Å²) in [5, 5.41) is 5.94. The smallest absolute Gasteiger partial charge is 0.262 e. The topological polar surface area (TPSA) is 47.5 Å². The number of para-hydroxylation sites is 1. The molecule has 6 nitrogen and oxygen atoms in total. The van der Waals surface area contributed by atoms with Crippen molar-refractivity contribution in [2.24, 2.45) is 7.05 Å². The first kappa shape index (κ1) is 17.9. The summed E-state index contributed by atoms with van der Waals surface area (Å²) in [5.74, 6) is 0.523. The highest BCUT2D eigenvalue weighted by atomic mass is 35.5. The molecule has 0 spiro atoms. The monoisotopic (exact) mass is 399 g/mol. The fraction of sp³-hybridized carbons (Fsp3) is 0.211. The molecule has 0 aliphatic rings. The van der Waals surface area contributed by atoms with Crippen LogP contribution in [0.5, 0.6) is 0 Å². The van der Waals surface area contributed by atoms with E-state index in [0.717, 1.165) is 16.1 Å². The zero-order chi connectivity index (χ0) is 19.1. The molecule has 0 amide bonds. The Hall–Kier alpha value is -2.48. The SMILES string of the molecule is CN(Cc1ccccc1Cl)Cn1nc2n(C)c(=O)c3ccccc3n2c1=S. The Balaban J connectivity index is 1.77. The standard InChI is InChI=1S/C19H18ClN5OS/c1-22(11-13-7-3-5-9-15(13)20)12-24-19(27)25-16-10-6-4-8-14(16)17(26)23(2)18(25)21-24/h3-10H,11-12H2,1-2H3. The van der Waals surface area contributed by atoms with Crippen molar-refractivity contribution in [3.63, 3.8) is 0 Å². The molecule has 0 aliphatic heterocycles. The van der Waals surface area contributed by atoms with Crippen LogP contribution in [0.2, 0.25) is 5.02 Å². The lowest BCUT2D eigenvalue weighted by Crippen LogP contribution is -2.22. The molecule has 0 unspecified atom stereocenters. The summed E-state index contributed by atoms with van der Waals surface area (Å²) in [6, 6.07) is 15.2. The van der Waals surface area contributed by atoms with E-state index >= 15 is 0 Å². The van der Waals surface area contributed by atoms with Gasteiger partial charge in [-0.2, -0.15) is 0 Å². The molecule has 2 heterocycles. The van der Waals surface area contributed by atoms with Crippen LogP contribution < -0.4 is 5.56 Å². The van der Waals surface area contributed by atoms with Crippen molar-refractivity contribution in [2.75, 3.05) is 7.05 Å². The number of hydrogen-bond donors (Lipinski definition) is 0. The summed E-state index contributed by atoms with van der Waals surface area (Å²) >= 11 is 11.9. The summed E-state index contributed by atoms with van der Waals surface area (Å²) in [4.78, 5) is 14.7. The molecule has 0 N–H and O–H groups in total. The highest BCUT2D eigenvalue weighted by Crippen LogP contribution is 2.17. The molecule has 4 aromatic rings. The van der Waals surface area contributed by atoms with Gasteiger partial charge in [0.25, 0.3) is 5.56 Å². The maximum atomic E-state index is 12.6. The van der Waals surface area contributed by atoms with Crippen molar-refractivity contribution in [1.29, 1.82) is 0 Å². The van der Waals surface area contributed by atoms with Gasteiger partial charge in [-0.15, -0.1) is 5.10 Å². The average molecular weight is 400 g/mol. The molecular weight excluding hydrogens is 382 g/mol. The fourth-order valence-corrected chi connectivity index (χ4v) is 3.71. The van der Waals surface area contributed by atoms with Crippen LogP contribution in [0.4, 0.5) is 0 Å². The first-order valence-corrected chi connectivity index (χ1v) is 9.25. The number of hydrogen-bond acceptors (Lipinski definition) is 4. The van der Waals surface area contributed by atoms with Crippen LogP contribution in [0, 0.1) is 4.77 Å². The summed E-state index contributed by atoms with van der Waals surface area (Å²) in [6.07, 6.45) is 0. The zero-order valence-electron chi connectivity index (χ0n) is 15.0. The average Bonchev–Trinajstić information content (AvgIpc) is 2.98. The quantitative estimate of drug-likeness (QED) is 0.493. The van der Waals surface area contributed by atoms with E-state index in [9.17, 15) is 4.79 Å². The van der Waals surface area contributed by atoms with Crippen molar-refractivity contribution >= 4 is 40.5 Å². The molecular formula is C19H18ClN5OS. The van der Waals surface area contributed by atoms with Gasteiger partial charge in [-0.05, 0) is 43.0 Å². The zero-order valence-corrected chi connectivity index (χ0v) is 16.5. The van der Waals surface area contributed by atoms with Gasteiger partial charge in [0, 0.05) is 18.6 Å². The van der Waals surface area contributed by atoms with Gasteiger partial charge in [0.05, 0.1) is 17.6 Å². The van der Waals surface area contributed by atoms with Crippen molar-refractivity contribution in [1.82, 2.24) is 23.6 Å². The van der Waals surface area contributed by atoms with Crippen LogP contribution in [-0.4, -0.2) is 30.7 Å². The number of aromatic nitrogens is 4. The van der Waals surface area contributed by atoms with Crippen LogP contribution in [0.3, 0.4) is 0 Å². The number of aryl methyl sites for hydroxylation is 1. The Morgan fingerprint density at radius 1 is 1.15 bits per heavy atom. The minimum Gasteiger partial charge on any atom is -0.283 e. The normalized spacial score (nSPS) is 11.7. The van der Waals surface area contributed by atoms with Gasteiger partial charge < -0.3 is 0 Å². The third kappa shape index (κ3) is 3.07. The second kappa shape index (κ2) is 6.92. The molecule has 0 aliphatic carbocycles. The van der Waals surface area contributed by atoms with Gasteiger partial charge >= 0.3 is 0 Å². The van der Waals surface area contributed by atoms with Crippen LogP contribution in [0.25, 0.3) is 16.7 Å². The minimum atomic E-state index is -0.0883. The Morgan fingerprint density at radius 3 is 2.63 bits per heavy atom. The van der Waals surface area contributed by atoms with Crippen molar-refractivity contribution in [3.05, 3.63) is 74.2 Å². The third-order valence-corrected chi connectivity index (χ3v) is 5.34. The van der Waals surface area contributed by atoms with Crippen LogP contribution in [0.15, 0.2) is 53.3 Å². The Bertz CT molecular complexity index is 1270. The molecule has 138 valence electrons. The molecule has 8 heteroatoms. The van der Waals surface area contributed by atoms with Gasteiger partial charge in [-0.25, -0.2) is 4.68 Å². The molecule has 27 heavy (non-hydrogen) atoms. The lowest BCUT2D eigenvalue weighted by atomic mass is 10.2. The van der Waals surface area contributed by atoms with Crippen molar-refractivity contribution in [3.8, 4) is 0 Å². The molecule has 0 atom stereocenters. The van der Waals surface area contributed by atoms with E-state index in [0.29, 0.717) is 29.1 Å². The van der Waals surface area contributed by atoms with Gasteiger partial charge in [0.2, 0.25) is 10.5 Å². The highest BCUT2D eigenvalue weighted by Gasteiger charge is 2.14. The van der Waals surface area contributed by atoms with Gasteiger partial charge in [-0.1, -0.05) is 41.9 Å². The summed E-state index contributed by atoms with van der Waals surface area (Å²) in [6.45, 7) is 1.14. The first-order chi connectivity index (χ1) is 13.0. The molecule has 2 aromatic heterocycles. The molecule has 0 radical (unpaired) electrons. The highest BCUT2D eigenvalue weighted by molar-refractivity contribution is 7.71. The maximum Gasteiger partial charge on any atom is 0.262 e. The van der Waals surface area contributed by atoms with E-state index in [1.54, 1.807) is 17.8 Å². The predicted molar refractivity (Wildman–Crippen MR) is 110 cm³/mol. The second-order valence-corrected chi connectivity index (χ2v) is 7.32. The Morgan fingerprint density at radius 2 is 1.85 bits per heavy atom. The predicted octanol–water partition coefficient (Wildman–Crippen LogP) is 3.46. The van der Waals surface area contributed by atoms with Crippen molar-refractivity contribution < 1.29 is 0 Å². The molecule has 0 saturated carbocycles. The first-order valence-electron chi connectivity index (χ1n) is 8.46. The van der Waals surface area contributed by atoms with E-state index < -0.39 is 0 Å². The molecule has 0 fully saturated rings. The summed E-state index contributed by atoms with van der Waals surface area (Å²) < 4.78 is 5.65. The lowest BCUT2D eigenvalue weighted by Gasteiger charge is -2.17. The van der Waals surface area contributed by atoms with E-state index in [2.05, 4.69) is 10.00 Å². The van der Waals surface area contributed by atoms with E-state index in [1.165, 1.54) is 4.57 Å².